The molecule has 120 valence electrons. The van der Waals surface area contributed by atoms with Crippen molar-refractivity contribution in [1.29, 1.82) is 0 Å². The highest BCUT2D eigenvalue weighted by Crippen LogP contribution is 2.23. The van der Waals surface area contributed by atoms with Gasteiger partial charge in [-0.25, -0.2) is 21.2 Å². The molecule has 1 N–H and O–H groups in total. The molecule has 0 unspecified atom stereocenters. The summed E-state index contributed by atoms with van der Waals surface area (Å²) in [6.45, 7) is 1.25. The summed E-state index contributed by atoms with van der Waals surface area (Å²) in [5, 5.41) is 8.93. The second-order valence-electron chi connectivity index (χ2n) is 4.49. The molecule has 0 fully saturated rings. The van der Waals surface area contributed by atoms with Crippen LogP contribution in [0.1, 0.15) is 13.3 Å². The fourth-order valence-electron chi connectivity index (χ4n) is 1.76. The molecule has 1 rings (SSSR count). The van der Waals surface area contributed by atoms with Gasteiger partial charge in [0.15, 0.2) is 9.84 Å². The van der Waals surface area contributed by atoms with Gasteiger partial charge in [-0.15, -0.1) is 0 Å². The molecule has 0 bridgehead atoms. The topological polar surface area (TPSA) is 91.8 Å². The van der Waals surface area contributed by atoms with Crippen molar-refractivity contribution in [1.82, 2.24) is 4.31 Å². The first-order valence-electron chi connectivity index (χ1n) is 6.25. The van der Waals surface area contributed by atoms with Crippen LogP contribution in [0.3, 0.4) is 0 Å². The summed E-state index contributed by atoms with van der Waals surface area (Å²) in [5.41, 5.74) is 0. The Morgan fingerprint density at radius 3 is 2.29 bits per heavy atom. The number of hydrogen-bond donors (Lipinski definition) is 1. The molecule has 0 atom stereocenters. The molecule has 6 nitrogen and oxygen atoms in total. The summed E-state index contributed by atoms with van der Waals surface area (Å²) < 4.78 is 62.5. The molecule has 0 aliphatic rings. The van der Waals surface area contributed by atoms with Gasteiger partial charge in [0.1, 0.15) is 10.7 Å². The van der Waals surface area contributed by atoms with Crippen molar-refractivity contribution in [3.63, 3.8) is 0 Å². The van der Waals surface area contributed by atoms with E-state index in [4.69, 9.17) is 5.11 Å². The third kappa shape index (κ3) is 4.22. The summed E-state index contributed by atoms with van der Waals surface area (Å²) >= 11 is 0. The predicted molar refractivity (Wildman–Crippen MR) is 75.6 cm³/mol. The van der Waals surface area contributed by atoms with E-state index in [0.29, 0.717) is 6.42 Å². The van der Waals surface area contributed by atoms with Crippen molar-refractivity contribution in [2.24, 2.45) is 0 Å². The van der Waals surface area contributed by atoms with E-state index in [-0.39, 0.29) is 18.0 Å². The van der Waals surface area contributed by atoms with Gasteiger partial charge in [0.05, 0.1) is 11.5 Å². The van der Waals surface area contributed by atoms with Gasteiger partial charge < -0.3 is 5.11 Å². The van der Waals surface area contributed by atoms with E-state index in [0.717, 1.165) is 28.8 Å². The number of sulfone groups is 1. The Morgan fingerprint density at radius 1 is 1.19 bits per heavy atom. The summed E-state index contributed by atoms with van der Waals surface area (Å²) in [6.07, 6.45) is 1.39. The van der Waals surface area contributed by atoms with E-state index < -0.39 is 37.2 Å². The summed E-state index contributed by atoms with van der Waals surface area (Å²) in [6, 6.07) is 2.63. The largest absolute Gasteiger partial charge is 0.395 e. The number of benzene rings is 1. The molecular formula is C12H18FNO5S2. The van der Waals surface area contributed by atoms with Gasteiger partial charge in [-0.3, -0.25) is 0 Å². The number of aliphatic hydroxyl groups excluding tert-OH is 1. The number of sulfonamides is 1. The minimum absolute atomic E-state index is 0.103. The highest BCUT2D eigenvalue weighted by molar-refractivity contribution is 7.91. The van der Waals surface area contributed by atoms with Crippen LogP contribution in [0.4, 0.5) is 4.39 Å². The van der Waals surface area contributed by atoms with Crippen LogP contribution >= 0.6 is 0 Å². The van der Waals surface area contributed by atoms with E-state index in [1.54, 1.807) is 6.92 Å². The summed E-state index contributed by atoms with van der Waals surface area (Å²) in [5.74, 6) is -1.03. The van der Waals surface area contributed by atoms with Crippen molar-refractivity contribution < 1.29 is 26.3 Å². The van der Waals surface area contributed by atoms with Crippen LogP contribution in [0.15, 0.2) is 28.0 Å². The Kier molecular flexibility index (Phi) is 5.85. The second-order valence-corrected chi connectivity index (χ2v) is 8.41. The normalized spacial score (nSPS) is 12.8. The van der Waals surface area contributed by atoms with Crippen molar-refractivity contribution in [2.45, 2.75) is 23.1 Å². The van der Waals surface area contributed by atoms with Gasteiger partial charge >= 0.3 is 0 Å². The monoisotopic (exact) mass is 339 g/mol. The van der Waals surface area contributed by atoms with Gasteiger partial charge in [-0.05, 0) is 24.6 Å². The van der Waals surface area contributed by atoms with Gasteiger partial charge in [-0.1, -0.05) is 6.92 Å². The fourth-order valence-corrected chi connectivity index (χ4v) is 4.10. The van der Waals surface area contributed by atoms with Crippen LogP contribution in [-0.4, -0.2) is 52.2 Å². The maximum Gasteiger partial charge on any atom is 0.246 e. The zero-order valence-electron chi connectivity index (χ0n) is 11.8. The Labute approximate surface area is 124 Å². The Hall–Kier alpha value is -1.03. The predicted octanol–water partition coefficient (Wildman–Crippen LogP) is 0.622. The maximum absolute atomic E-state index is 13.8. The van der Waals surface area contributed by atoms with E-state index in [2.05, 4.69) is 0 Å². The van der Waals surface area contributed by atoms with Crippen molar-refractivity contribution >= 4 is 19.9 Å². The van der Waals surface area contributed by atoms with Crippen molar-refractivity contribution in [3.8, 4) is 0 Å². The van der Waals surface area contributed by atoms with Gasteiger partial charge in [0, 0.05) is 19.3 Å². The summed E-state index contributed by atoms with van der Waals surface area (Å²) in [4.78, 5) is -0.977. The van der Waals surface area contributed by atoms with Gasteiger partial charge in [0.25, 0.3) is 0 Å². The van der Waals surface area contributed by atoms with E-state index in [1.165, 1.54) is 0 Å². The number of nitrogens with zero attached hydrogens (tertiary/aromatic N) is 1. The standard InChI is InChI=1S/C12H18FNO5S2/c1-3-6-14(7-8-15)21(18,19)12-9-10(20(2,16)17)4-5-11(12)13/h4-5,9,15H,3,6-8H2,1-2H3. The lowest BCUT2D eigenvalue weighted by atomic mass is 10.3. The molecule has 1 aromatic carbocycles. The minimum Gasteiger partial charge on any atom is -0.395 e. The lowest BCUT2D eigenvalue weighted by Gasteiger charge is -2.21. The lowest BCUT2D eigenvalue weighted by molar-refractivity contribution is 0.253. The molecule has 0 aromatic heterocycles. The molecule has 1 aromatic rings. The van der Waals surface area contributed by atoms with Crippen molar-refractivity contribution in [3.05, 3.63) is 24.0 Å². The molecule has 0 spiro atoms. The molecule has 0 aliphatic heterocycles. The quantitative estimate of drug-likeness (QED) is 0.735. The number of halogens is 1. The first kappa shape index (κ1) is 18.0. The van der Waals surface area contributed by atoms with Gasteiger partial charge in [0.2, 0.25) is 10.0 Å². The average molecular weight is 339 g/mol. The highest BCUT2D eigenvalue weighted by atomic mass is 32.2. The maximum atomic E-state index is 13.8. The molecule has 0 radical (unpaired) electrons. The molecular weight excluding hydrogens is 321 g/mol. The molecule has 0 heterocycles. The Bertz CT molecular complexity index is 694. The molecule has 0 saturated heterocycles. The molecule has 0 aliphatic carbocycles. The highest BCUT2D eigenvalue weighted by Gasteiger charge is 2.28. The number of hydrogen-bond acceptors (Lipinski definition) is 5. The first-order chi connectivity index (χ1) is 9.64. The molecule has 0 saturated carbocycles. The molecule has 9 heteroatoms. The fraction of sp³-hybridized carbons (Fsp3) is 0.500. The van der Waals surface area contributed by atoms with Crippen LogP contribution in [0.25, 0.3) is 0 Å². The zero-order valence-corrected chi connectivity index (χ0v) is 13.4. The lowest BCUT2D eigenvalue weighted by Crippen LogP contribution is -2.34. The molecule has 0 amide bonds. The minimum atomic E-state index is -4.20. The smallest absolute Gasteiger partial charge is 0.246 e. The van der Waals surface area contributed by atoms with E-state index in [1.807, 2.05) is 0 Å². The second kappa shape index (κ2) is 6.82. The van der Waals surface area contributed by atoms with Crippen LogP contribution in [0.5, 0.6) is 0 Å². The third-order valence-electron chi connectivity index (χ3n) is 2.77. The first-order valence-corrected chi connectivity index (χ1v) is 9.58. The van der Waals surface area contributed by atoms with Crippen LogP contribution in [0, 0.1) is 5.82 Å². The van der Waals surface area contributed by atoms with Crippen LogP contribution in [-0.2, 0) is 19.9 Å². The molecule has 21 heavy (non-hydrogen) atoms. The Balaban J connectivity index is 3.42. The van der Waals surface area contributed by atoms with Crippen molar-refractivity contribution in [2.75, 3.05) is 26.0 Å². The SMILES string of the molecule is CCCN(CCO)S(=O)(=O)c1cc(S(C)(=O)=O)ccc1F. The van der Waals surface area contributed by atoms with E-state index in [9.17, 15) is 21.2 Å². The average Bonchev–Trinajstić information content (AvgIpc) is 2.37. The Morgan fingerprint density at radius 2 is 1.81 bits per heavy atom. The third-order valence-corrected chi connectivity index (χ3v) is 5.79. The number of rotatable bonds is 7. The summed E-state index contributed by atoms with van der Waals surface area (Å²) in [7, 11) is -7.86. The zero-order chi connectivity index (χ0) is 16.3. The van der Waals surface area contributed by atoms with Crippen LogP contribution < -0.4 is 0 Å². The number of aliphatic hydroxyl groups is 1. The van der Waals surface area contributed by atoms with Crippen LogP contribution in [0.2, 0.25) is 0 Å². The van der Waals surface area contributed by atoms with Gasteiger partial charge in [-0.2, -0.15) is 4.31 Å². The van der Waals surface area contributed by atoms with E-state index >= 15 is 0 Å².